The molecular formula is C29H33F4N7O3. The number of alkyl halides is 4. The van der Waals surface area contributed by atoms with E-state index in [1.54, 1.807) is 43.6 Å². The van der Waals surface area contributed by atoms with Crippen LogP contribution in [0.25, 0.3) is 22.4 Å². The van der Waals surface area contributed by atoms with Crippen molar-refractivity contribution in [3.63, 3.8) is 0 Å². The van der Waals surface area contributed by atoms with Crippen LogP contribution in [0.1, 0.15) is 35.5 Å². The standard InChI is InChI=1S/C29H33F4N7O3/c1-38-10-7-22(20(30)15-38)35-21-4-3-5-23-19(21)12-24(40(23)16-29(31,32)33)26-36-25(43-37-26)13-34-27(41)18-6-11-39(14-18)28(8-9-28)17-42-2/h3-6,11-12,14,20,22,35H,7-10,13,15-17H2,1-2H3,(H,34,41)/t20-,22+/m0/s1. The van der Waals surface area contributed by atoms with Gasteiger partial charge in [0.05, 0.1) is 41.5 Å². The Morgan fingerprint density at radius 2 is 2.07 bits per heavy atom. The van der Waals surface area contributed by atoms with Gasteiger partial charge in [-0.25, -0.2) is 4.39 Å². The van der Waals surface area contributed by atoms with Crippen molar-refractivity contribution in [3.05, 3.63) is 54.2 Å². The minimum Gasteiger partial charge on any atom is -0.382 e. The van der Waals surface area contributed by atoms with Gasteiger partial charge < -0.3 is 33.9 Å². The van der Waals surface area contributed by atoms with E-state index in [4.69, 9.17) is 9.26 Å². The van der Waals surface area contributed by atoms with Crippen molar-refractivity contribution in [1.29, 1.82) is 0 Å². The van der Waals surface area contributed by atoms with Crippen LogP contribution in [-0.4, -0.2) is 82.3 Å². The highest BCUT2D eigenvalue weighted by Gasteiger charge is 2.44. The maximum atomic E-state index is 14.8. The van der Waals surface area contributed by atoms with Crippen LogP contribution in [0.15, 0.2) is 47.2 Å². The molecule has 0 spiro atoms. The molecule has 1 aliphatic heterocycles. The molecule has 2 N–H and O–H groups in total. The average molecular weight is 604 g/mol. The molecule has 1 saturated carbocycles. The average Bonchev–Trinajstić information content (AvgIpc) is 3.31. The maximum absolute atomic E-state index is 14.8. The van der Waals surface area contributed by atoms with Crippen LogP contribution in [0.5, 0.6) is 0 Å². The molecule has 4 heterocycles. The molecule has 0 bridgehead atoms. The molecule has 1 aromatic carbocycles. The summed E-state index contributed by atoms with van der Waals surface area (Å²) in [6.07, 6.45) is 0.452. The Morgan fingerprint density at radius 1 is 1.26 bits per heavy atom. The molecule has 2 fully saturated rings. The van der Waals surface area contributed by atoms with E-state index in [9.17, 15) is 22.4 Å². The van der Waals surface area contributed by atoms with Crippen LogP contribution in [0.3, 0.4) is 0 Å². The largest absolute Gasteiger partial charge is 0.406 e. The Labute approximate surface area is 245 Å². The highest BCUT2D eigenvalue weighted by atomic mass is 19.4. The predicted octanol–water partition coefficient (Wildman–Crippen LogP) is 4.57. The van der Waals surface area contributed by atoms with E-state index in [0.29, 0.717) is 41.7 Å². The number of nitrogens with zero attached hydrogens (tertiary/aromatic N) is 5. The first-order valence-electron chi connectivity index (χ1n) is 14.1. The van der Waals surface area contributed by atoms with E-state index in [1.807, 2.05) is 22.7 Å². The van der Waals surface area contributed by atoms with Gasteiger partial charge >= 0.3 is 6.18 Å². The smallest absolute Gasteiger partial charge is 0.382 e. The topological polar surface area (TPSA) is 102 Å². The van der Waals surface area contributed by atoms with Crippen molar-refractivity contribution >= 4 is 22.5 Å². The molecule has 0 radical (unpaired) electrons. The summed E-state index contributed by atoms with van der Waals surface area (Å²) < 4.78 is 69.5. The lowest BCUT2D eigenvalue weighted by atomic mass is 10.0. The van der Waals surface area contributed by atoms with E-state index in [-0.39, 0.29) is 41.9 Å². The molecule has 3 aromatic heterocycles. The van der Waals surface area contributed by atoms with Gasteiger partial charge in [-0.15, -0.1) is 0 Å². The first-order valence-corrected chi connectivity index (χ1v) is 14.1. The second kappa shape index (κ2) is 11.3. The predicted molar refractivity (Wildman–Crippen MR) is 150 cm³/mol. The molecule has 230 valence electrons. The highest BCUT2D eigenvalue weighted by molar-refractivity contribution is 5.96. The van der Waals surface area contributed by atoms with Gasteiger partial charge in [0.2, 0.25) is 11.7 Å². The van der Waals surface area contributed by atoms with Crippen LogP contribution < -0.4 is 10.6 Å². The number of methoxy groups -OCH3 is 1. The molecule has 1 saturated heterocycles. The number of hydrogen-bond donors (Lipinski definition) is 2. The Hall–Kier alpha value is -3.91. The van der Waals surface area contributed by atoms with Gasteiger partial charge in [-0.1, -0.05) is 11.2 Å². The second-order valence-electron chi connectivity index (χ2n) is 11.4. The Morgan fingerprint density at radius 3 is 2.79 bits per heavy atom. The fourth-order valence-corrected chi connectivity index (χ4v) is 5.77. The number of aromatic nitrogens is 4. The highest BCUT2D eigenvalue weighted by Crippen LogP contribution is 2.44. The zero-order valence-electron chi connectivity index (χ0n) is 23.8. The zero-order valence-corrected chi connectivity index (χ0v) is 23.8. The number of hydrogen-bond acceptors (Lipinski definition) is 7. The van der Waals surface area contributed by atoms with Crippen LogP contribution in [-0.2, 0) is 23.4 Å². The minimum atomic E-state index is -4.53. The summed E-state index contributed by atoms with van der Waals surface area (Å²) >= 11 is 0. The summed E-state index contributed by atoms with van der Waals surface area (Å²) in [6, 6.07) is 7.72. The Bertz CT molecular complexity index is 1610. The second-order valence-corrected chi connectivity index (χ2v) is 11.4. The number of anilines is 1. The van der Waals surface area contributed by atoms with Gasteiger partial charge in [-0.2, -0.15) is 18.2 Å². The van der Waals surface area contributed by atoms with Crippen LogP contribution >= 0.6 is 0 Å². The number of ether oxygens (including phenoxy) is 1. The molecule has 14 heteroatoms. The quantitative estimate of drug-likeness (QED) is 0.256. The summed E-state index contributed by atoms with van der Waals surface area (Å²) in [5.74, 6) is -0.372. The van der Waals surface area contributed by atoms with E-state index in [2.05, 4.69) is 20.8 Å². The summed E-state index contributed by atoms with van der Waals surface area (Å²) in [4.78, 5) is 19.0. The number of benzene rings is 1. The van der Waals surface area contributed by atoms with Gasteiger partial charge in [0.15, 0.2) is 0 Å². The van der Waals surface area contributed by atoms with Crippen molar-refractivity contribution in [3.8, 4) is 11.5 Å². The SMILES string of the molecule is COCC1(n2ccc(C(=O)NCc3nc(-c4cc5c(N[C@@H]6CCN(C)C[C@@H]6F)cccc5n4CC(F)(F)F)no3)c2)CC1. The third kappa shape index (κ3) is 6.11. The molecule has 6 rings (SSSR count). The lowest BCUT2D eigenvalue weighted by Gasteiger charge is -2.33. The number of carbonyl (C=O) groups is 1. The minimum absolute atomic E-state index is 0.0367. The fourth-order valence-electron chi connectivity index (χ4n) is 5.77. The molecule has 2 atom stereocenters. The zero-order chi connectivity index (χ0) is 30.4. The van der Waals surface area contributed by atoms with E-state index >= 15 is 0 Å². The van der Waals surface area contributed by atoms with Crippen LogP contribution in [0.2, 0.25) is 0 Å². The Kier molecular flexibility index (Phi) is 7.67. The summed E-state index contributed by atoms with van der Waals surface area (Å²) in [7, 11) is 3.49. The number of rotatable bonds is 10. The normalized spacial score (nSPS) is 20.4. The lowest BCUT2D eigenvalue weighted by Crippen LogP contribution is -2.46. The van der Waals surface area contributed by atoms with Crippen molar-refractivity contribution in [1.82, 2.24) is 29.5 Å². The van der Waals surface area contributed by atoms with Crippen LogP contribution in [0.4, 0.5) is 23.2 Å². The molecule has 4 aromatic rings. The first kappa shape index (κ1) is 29.2. The number of fused-ring (bicyclic) bond motifs is 1. The Balaban J connectivity index is 1.22. The number of amides is 1. The van der Waals surface area contributed by atoms with Gasteiger partial charge in [-0.05, 0) is 50.6 Å². The maximum Gasteiger partial charge on any atom is 0.406 e. The van der Waals surface area contributed by atoms with Crippen molar-refractivity contribution in [2.75, 3.05) is 39.2 Å². The van der Waals surface area contributed by atoms with E-state index in [0.717, 1.165) is 17.4 Å². The lowest BCUT2D eigenvalue weighted by molar-refractivity contribution is -0.139. The summed E-state index contributed by atoms with van der Waals surface area (Å²) in [6.45, 7) is 0.149. The fraction of sp³-hybridized carbons (Fsp3) is 0.483. The van der Waals surface area contributed by atoms with Gasteiger partial charge in [-0.3, -0.25) is 4.79 Å². The van der Waals surface area contributed by atoms with Gasteiger partial charge in [0, 0.05) is 43.7 Å². The monoisotopic (exact) mass is 603 g/mol. The first-order chi connectivity index (χ1) is 20.5. The molecule has 43 heavy (non-hydrogen) atoms. The third-order valence-corrected chi connectivity index (χ3v) is 8.21. The number of carbonyl (C=O) groups excluding carboxylic acids is 1. The molecule has 2 aliphatic rings. The summed E-state index contributed by atoms with van der Waals surface area (Å²) in [5, 5.41) is 10.3. The van der Waals surface area contributed by atoms with Crippen molar-refractivity contribution in [2.45, 2.75) is 56.3 Å². The van der Waals surface area contributed by atoms with E-state index in [1.165, 1.54) is 0 Å². The summed E-state index contributed by atoms with van der Waals surface area (Å²) in [5.41, 5.74) is 1.25. The molecule has 1 amide bonds. The van der Waals surface area contributed by atoms with Gasteiger partial charge in [0.1, 0.15) is 12.7 Å². The van der Waals surface area contributed by atoms with E-state index < -0.39 is 24.9 Å². The number of piperidine rings is 1. The molecule has 10 nitrogen and oxygen atoms in total. The number of likely N-dealkylation sites (tertiary alicyclic amines) is 1. The number of nitrogens with one attached hydrogen (secondary N) is 2. The number of halogens is 4. The van der Waals surface area contributed by atoms with Gasteiger partial charge in [0.25, 0.3) is 5.91 Å². The van der Waals surface area contributed by atoms with Crippen LogP contribution in [0, 0.1) is 0 Å². The molecule has 0 unspecified atom stereocenters. The van der Waals surface area contributed by atoms with Crippen molar-refractivity contribution in [2.24, 2.45) is 0 Å². The third-order valence-electron chi connectivity index (χ3n) is 8.21. The molecule has 1 aliphatic carbocycles. The van der Waals surface area contributed by atoms with Crippen molar-refractivity contribution < 1.29 is 31.6 Å². The molecular weight excluding hydrogens is 570 g/mol.